The molecule has 2 aliphatic rings. The Balaban J connectivity index is 1.86. The van der Waals surface area contributed by atoms with Gasteiger partial charge in [-0.3, -0.25) is 9.03 Å². The average Bonchev–Trinajstić information content (AvgIpc) is 3.09. The van der Waals surface area contributed by atoms with E-state index in [0.29, 0.717) is 30.8 Å². The molecule has 1 aromatic rings. The Bertz CT molecular complexity index is 812. The number of nitrogens with one attached hydrogen (secondary N) is 1. The van der Waals surface area contributed by atoms with E-state index in [-0.39, 0.29) is 11.0 Å². The third kappa shape index (κ3) is 3.39. The standard InChI is InChI=1S/C16H24N2O4S2/c1-2-23(19,20)18-11-5-6-13-12-14(9-10-16(13)18)17-24(21,22)15-7-3-4-8-15/h9-10,12,15,17H,2-8,11H2,1H3. The molecular formula is C16H24N2O4S2. The summed E-state index contributed by atoms with van der Waals surface area (Å²) in [4.78, 5) is 0. The minimum atomic E-state index is -3.37. The summed E-state index contributed by atoms with van der Waals surface area (Å²) in [7, 11) is -6.67. The number of hydrogen-bond acceptors (Lipinski definition) is 4. The fraction of sp³-hybridized carbons (Fsp3) is 0.625. The molecule has 24 heavy (non-hydrogen) atoms. The highest BCUT2D eigenvalue weighted by atomic mass is 32.2. The lowest BCUT2D eigenvalue weighted by atomic mass is 10.0. The molecule has 3 rings (SSSR count). The molecule has 1 heterocycles. The molecule has 6 nitrogen and oxygen atoms in total. The van der Waals surface area contributed by atoms with Gasteiger partial charge in [0.1, 0.15) is 0 Å². The van der Waals surface area contributed by atoms with Crippen LogP contribution in [0.25, 0.3) is 0 Å². The van der Waals surface area contributed by atoms with E-state index in [1.807, 2.05) is 0 Å². The van der Waals surface area contributed by atoms with E-state index in [1.165, 1.54) is 4.31 Å². The first kappa shape index (κ1) is 17.5. The summed E-state index contributed by atoms with van der Waals surface area (Å²) in [6, 6.07) is 5.15. The quantitative estimate of drug-likeness (QED) is 0.861. The Morgan fingerprint density at radius 2 is 1.83 bits per heavy atom. The predicted molar refractivity (Wildman–Crippen MR) is 96.4 cm³/mol. The van der Waals surface area contributed by atoms with Crippen molar-refractivity contribution in [3.63, 3.8) is 0 Å². The van der Waals surface area contributed by atoms with Gasteiger partial charge in [-0.05, 0) is 56.4 Å². The van der Waals surface area contributed by atoms with Gasteiger partial charge in [0.15, 0.2) is 0 Å². The number of anilines is 2. The largest absolute Gasteiger partial charge is 0.283 e. The second kappa shape index (κ2) is 6.55. The van der Waals surface area contributed by atoms with Gasteiger partial charge in [-0.2, -0.15) is 0 Å². The van der Waals surface area contributed by atoms with Gasteiger partial charge >= 0.3 is 0 Å². The molecule has 0 bridgehead atoms. The molecule has 134 valence electrons. The molecule has 0 saturated heterocycles. The molecule has 1 saturated carbocycles. The van der Waals surface area contributed by atoms with Crippen LogP contribution in [0, 0.1) is 0 Å². The maximum Gasteiger partial charge on any atom is 0.235 e. The Labute approximate surface area is 144 Å². The van der Waals surface area contributed by atoms with Gasteiger partial charge in [-0.15, -0.1) is 0 Å². The number of aryl methyl sites for hydroxylation is 1. The van der Waals surface area contributed by atoms with Crippen LogP contribution in [0.1, 0.15) is 44.6 Å². The van der Waals surface area contributed by atoms with E-state index < -0.39 is 20.0 Å². The first-order valence-corrected chi connectivity index (χ1v) is 11.6. The molecule has 0 spiro atoms. The molecular weight excluding hydrogens is 348 g/mol. The second-order valence-corrected chi connectivity index (χ2v) is 10.6. The van der Waals surface area contributed by atoms with Crippen molar-refractivity contribution in [1.82, 2.24) is 0 Å². The normalized spacial score (nSPS) is 19.3. The monoisotopic (exact) mass is 372 g/mol. The summed E-state index contributed by atoms with van der Waals surface area (Å²) in [6.07, 6.45) is 4.83. The summed E-state index contributed by atoms with van der Waals surface area (Å²) in [5.41, 5.74) is 2.08. The smallest absolute Gasteiger partial charge is 0.235 e. The number of benzene rings is 1. The predicted octanol–water partition coefficient (Wildman–Crippen LogP) is 2.47. The van der Waals surface area contributed by atoms with Crippen molar-refractivity contribution in [3.8, 4) is 0 Å². The maximum atomic E-state index is 12.4. The molecule has 1 aliphatic heterocycles. The van der Waals surface area contributed by atoms with Crippen LogP contribution in [0.15, 0.2) is 18.2 Å². The minimum absolute atomic E-state index is 0.0580. The molecule has 1 aliphatic carbocycles. The van der Waals surface area contributed by atoms with E-state index in [0.717, 1.165) is 31.2 Å². The molecule has 0 radical (unpaired) electrons. The van der Waals surface area contributed by atoms with Crippen molar-refractivity contribution in [1.29, 1.82) is 0 Å². The lowest BCUT2D eigenvalue weighted by molar-refractivity contribution is 0.584. The first-order valence-electron chi connectivity index (χ1n) is 8.48. The van der Waals surface area contributed by atoms with E-state index >= 15 is 0 Å². The Hall–Kier alpha value is -1.28. The summed E-state index contributed by atoms with van der Waals surface area (Å²) in [5.74, 6) is 0.0580. The maximum absolute atomic E-state index is 12.4. The van der Waals surface area contributed by atoms with Crippen molar-refractivity contribution in [2.75, 3.05) is 21.3 Å². The van der Waals surface area contributed by atoms with Gasteiger partial charge in [0.05, 0.1) is 16.7 Å². The Kier molecular flexibility index (Phi) is 4.79. The van der Waals surface area contributed by atoms with Crippen LogP contribution in [0.2, 0.25) is 0 Å². The average molecular weight is 373 g/mol. The highest BCUT2D eigenvalue weighted by molar-refractivity contribution is 7.93. The molecule has 1 fully saturated rings. The van der Waals surface area contributed by atoms with Crippen molar-refractivity contribution in [2.24, 2.45) is 0 Å². The molecule has 0 unspecified atom stereocenters. The fourth-order valence-electron chi connectivity index (χ4n) is 3.52. The van der Waals surface area contributed by atoms with Crippen LogP contribution < -0.4 is 9.03 Å². The van der Waals surface area contributed by atoms with Crippen LogP contribution in [0.3, 0.4) is 0 Å². The van der Waals surface area contributed by atoms with E-state index in [9.17, 15) is 16.8 Å². The topological polar surface area (TPSA) is 83.6 Å². The van der Waals surface area contributed by atoms with E-state index in [2.05, 4.69) is 4.72 Å². The van der Waals surface area contributed by atoms with Crippen LogP contribution in [-0.2, 0) is 26.5 Å². The highest BCUT2D eigenvalue weighted by Gasteiger charge is 2.30. The SMILES string of the molecule is CCS(=O)(=O)N1CCCc2cc(NS(=O)(=O)C3CCCC3)ccc21. The molecule has 8 heteroatoms. The number of nitrogens with zero attached hydrogens (tertiary/aromatic N) is 1. The summed E-state index contributed by atoms with van der Waals surface area (Å²) < 4.78 is 53.4. The number of rotatable bonds is 5. The van der Waals surface area contributed by atoms with Crippen LogP contribution >= 0.6 is 0 Å². The van der Waals surface area contributed by atoms with Crippen LogP contribution in [-0.4, -0.2) is 34.4 Å². The zero-order valence-electron chi connectivity index (χ0n) is 13.9. The zero-order valence-corrected chi connectivity index (χ0v) is 15.5. The summed E-state index contributed by atoms with van der Waals surface area (Å²) in [5, 5.41) is -0.314. The van der Waals surface area contributed by atoms with Crippen LogP contribution in [0.5, 0.6) is 0 Å². The van der Waals surface area contributed by atoms with E-state index in [4.69, 9.17) is 0 Å². The van der Waals surface area contributed by atoms with Gasteiger partial charge in [-0.1, -0.05) is 12.8 Å². The third-order valence-corrected chi connectivity index (χ3v) is 8.51. The van der Waals surface area contributed by atoms with Gasteiger partial charge in [0, 0.05) is 12.2 Å². The van der Waals surface area contributed by atoms with Gasteiger partial charge in [-0.25, -0.2) is 16.8 Å². The molecule has 1 aromatic carbocycles. The first-order chi connectivity index (χ1) is 11.3. The van der Waals surface area contributed by atoms with Gasteiger partial charge in [0.25, 0.3) is 0 Å². The molecule has 1 N–H and O–H groups in total. The van der Waals surface area contributed by atoms with Crippen molar-refractivity contribution >= 4 is 31.4 Å². The summed E-state index contributed by atoms with van der Waals surface area (Å²) >= 11 is 0. The number of sulfonamides is 2. The highest BCUT2D eigenvalue weighted by Crippen LogP contribution is 2.33. The number of fused-ring (bicyclic) bond motifs is 1. The minimum Gasteiger partial charge on any atom is -0.283 e. The summed E-state index contributed by atoms with van der Waals surface area (Å²) in [6.45, 7) is 2.12. The van der Waals surface area contributed by atoms with Crippen molar-refractivity contribution < 1.29 is 16.8 Å². The van der Waals surface area contributed by atoms with Crippen molar-refractivity contribution in [3.05, 3.63) is 23.8 Å². The number of hydrogen-bond donors (Lipinski definition) is 1. The second-order valence-electron chi connectivity index (χ2n) is 6.47. The molecule has 0 atom stereocenters. The Morgan fingerprint density at radius 3 is 2.50 bits per heavy atom. The zero-order chi connectivity index (χ0) is 17.4. The Morgan fingerprint density at radius 1 is 1.12 bits per heavy atom. The van der Waals surface area contributed by atoms with E-state index in [1.54, 1.807) is 25.1 Å². The lowest BCUT2D eigenvalue weighted by Crippen LogP contribution is -2.36. The fourth-order valence-corrected chi connectivity index (χ4v) is 6.29. The van der Waals surface area contributed by atoms with Crippen LogP contribution in [0.4, 0.5) is 11.4 Å². The van der Waals surface area contributed by atoms with Crippen molar-refractivity contribution in [2.45, 2.75) is 50.7 Å². The molecule has 0 aromatic heterocycles. The van der Waals surface area contributed by atoms with Gasteiger partial charge < -0.3 is 0 Å². The van der Waals surface area contributed by atoms with Gasteiger partial charge in [0.2, 0.25) is 20.0 Å². The third-order valence-electron chi connectivity index (χ3n) is 4.86. The lowest BCUT2D eigenvalue weighted by Gasteiger charge is -2.30. The molecule has 0 amide bonds.